The lowest BCUT2D eigenvalue weighted by Crippen LogP contribution is -2.11. The van der Waals surface area contributed by atoms with E-state index in [1.807, 2.05) is 6.08 Å². The summed E-state index contributed by atoms with van der Waals surface area (Å²) in [5, 5.41) is 9.50. The Morgan fingerprint density at radius 2 is 1.64 bits per heavy atom. The fourth-order valence-electron chi connectivity index (χ4n) is 2.03. The second kappa shape index (κ2) is 16.0. The van der Waals surface area contributed by atoms with Crippen LogP contribution in [0.4, 0.5) is 0 Å². The van der Waals surface area contributed by atoms with Crippen molar-refractivity contribution in [1.29, 1.82) is 0 Å². The molecule has 3 nitrogen and oxygen atoms in total. The smallest absolute Gasteiger partial charge is 0.308 e. The molecule has 0 aliphatic rings. The second-order valence-electron chi connectivity index (χ2n) is 5.39. The summed E-state index contributed by atoms with van der Waals surface area (Å²) >= 11 is 0. The van der Waals surface area contributed by atoms with Crippen LogP contribution in [0.25, 0.3) is 0 Å². The van der Waals surface area contributed by atoms with Gasteiger partial charge in [-0.2, -0.15) is 0 Å². The molecule has 0 fully saturated rings. The van der Waals surface area contributed by atoms with E-state index in [1.54, 1.807) is 12.2 Å². The molecule has 0 amide bonds. The molecule has 0 bridgehead atoms. The first kappa shape index (κ1) is 20.6. The Balaban J connectivity index is 3.43. The molecule has 126 valence electrons. The summed E-state index contributed by atoms with van der Waals surface area (Å²) in [5.41, 5.74) is 0. The molecule has 0 aliphatic carbocycles. The van der Waals surface area contributed by atoms with Gasteiger partial charge in [0.15, 0.2) is 0 Å². The number of aliphatic hydroxyl groups is 1. The number of carbonyl (C=O) groups is 1. The predicted octanol–water partition coefficient (Wildman–Crippen LogP) is 4.72. The number of allylic oxidation sites excluding steroid dienone is 5. The van der Waals surface area contributed by atoms with Gasteiger partial charge in [-0.3, -0.25) is 4.79 Å². The van der Waals surface area contributed by atoms with Gasteiger partial charge < -0.3 is 9.84 Å². The second-order valence-corrected chi connectivity index (χ2v) is 5.39. The first-order valence-corrected chi connectivity index (χ1v) is 8.44. The minimum Gasteiger partial charge on any atom is -0.469 e. The first-order valence-electron chi connectivity index (χ1n) is 8.44. The first-order chi connectivity index (χ1) is 10.7. The molecule has 22 heavy (non-hydrogen) atoms. The number of hydrogen-bond donors (Lipinski definition) is 1. The van der Waals surface area contributed by atoms with E-state index in [1.165, 1.54) is 45.6 Å². The van der Waals surface area contributed by atoms with Crippen molar-refractivity contribution in [3.63, 3.8) is 0 Å². The standard InChI is InChI=1S/C19H32O3/c1-3-4-5-6-7-8-9-10-11-12-13-14-15-16-18(20)17-19(21)22-2/h4-5,13-16,18,20H,3,6-12,17H2,1-2H3. The number of rotatable bonds is 13. The maximum absolute atomic E-state index is 10.9. The SMILES string of the molecule is CCC=CCCCCCCCC=CC=CC(O)CC(=O)OC. The molecule has 0 aliphatic heterocycles. The van der Waals surface area contributed by atoms with Gasteiger partial charge >= 0.3 is 5.97 Å². The molecule has 0 saturated heterocycles. The molecule has 1 atom stereocenters. The van der Waals surface area contributed by atoms with Gasteiger partial charge in [0, 0.05) is 0 Å². The third-order valence-electron chi connectivity index (χ3n) is 3.33. The minimum atomic E-state index is -0.765. The molecule has 0 heterocycles. The van der Waals surface area contributed by atoms with E-state index >= 15 is 0 Å². The van der Waals surface area contributed by atoms with Crippen LogP contribution in [0.5, 0.6) is 0 Å². The molecule has 3 heteroatoms. The fourth-order valence-corrected chi connectivity index (χ4v) is 2.03. The monoisotopic (exact) mass is 308 g/mol. The van der Waals surface area contributed by atoms with Gasteiger partial charge in [0.05, 0.1) is 19.6 Å². The summed E-state index contributed by atoms with van der Waals surface area (Å²) in [5.74, 6) is -0.397. The number of aliphatic hydroxyl groups excluding tert-OH is 1. The Morgan fingerprint density at radius 1 is 1.00 bits per heavy atom. The van der Waals surface area contributed by atoms with Crippen molar-refractivity contribution in [2.45, 2.75) is 70.8 Å². The van der Waals surface area contributed by atoms with E-state index < -0.39 is 12.1 Å². The zero-order chi connectivity index (χ0) is 16.5. The minimum absolute atomic E-state index is 0.00822. The van der Waals surface area contributed by atoms with Crippen LogP contribution in [0.1, 0.15) is 64.7 Å². The van der Waals surface area contributed by atoms with Crippen molar-refractivity contribution in [3.8, 4) is 0 Å². The van der Waals surface area contributed by atoms with Crippen molar-refractivity contribution in [1.82, 2.24) is 0 Å². The van der Waals surface area contributed by atoms with Crippen LogP contribution < -0.4 is 0 Å². The molecule has 0 aromatic rings. The number of hydrogen-bond acceptors (Lipinski definition) is 3. The summed E-state index contributed by atoms with van der Waals surface area (Å²) in [4.78, 5) is 10.9. The van der Waals surface area contributed by atoms with E-state index in [9.17, 15) is 9.90 Å². The lowest BCUT2D eigenvalue weighted by Gasteiger charge is -2.01. The highest BCUT2D eigenvalue weighted by Gasteiger charge is 2.06. The highest BCUT2D eigenvalue weighted by Crippen LogP contribution is 2.08. The largest absolute Gasteiger partial charge is 0.469 e. The quantitative estimate of drug-likeness (QED) is 0.232. The topological polar surface area (TPSA) is 46.5 Å². The molecule has 1 N–H and O–H groups in total. The van der Waals surface area contributed by atoms with Gasteiger partial charge in [-0.05, 0) is 32.1 Å². The van der Waals surface area contributed by atoms with Crippen molar-refractivity contribution >= 4 is 5.97 Å². The predicted molar refractivity (Wildman–Crippen MR) is 92.7 cm³/mol. The van der Waals surface area contributed by atoms with Crippen LogP contribution >= 0.6 is 0 Å². The molecule has 0 saturated carbocycles. The molecule has 0 aromatic carbocycles. The van der Waals surface area contributed by atoms with Crippen LogP contribution in [0.3, 0.4) is 0 Å². The Kier molecular flexibility index (Phi) is 15.0. The van der Waals surface area contributed by atoms with Gasteiger partial charge in [-0.1, -0.05) is 62.6 Å². The zero-order valence-corrected chi connectivity index (χ0v) is 14.2. The van der Waals surface area contributed by atoms with Crippen molar-refractivity contribution < 1.29 is 14.6 Å². The summed E-state index contributed by atoms with van der Waals surface area (Å²) in [6, 6.07) is 0. The average molecular weight is 308 g/mol. The Labute approximate surface area is 135 Å². The molecular weight excluding hydrogens is 276 g/mol. The number of unbranched alkanes of at least 4 members (excludes halogenated alkanes) is 6. The Hall–Kier alpha value is -1.35. The van der Waals surface area contributed by atoms with Crippen molar-refractivity contribution in [3.05, 3.63) is 36.5 Å². The molecule has 1 unspecified atom stereocenters. The maximum Gasteiger partial charge on any atom is 0.308 e. The Morgan fingerprint density at radius 3 is 2.27 bits per heavy atom. The summed E-state index contributed by atoms with van der Waals surface area (Å²) < 4.78 is 4.49. The molecule has 0 rings (SSSR count). The zero-order valence-electron chi connectivity index (χ0n) is 14.2. The summed E-state index contributed by atoms with van der Waals surface area (Å²) in [6.45, 7) is 2.17. The maximum atomic E-state index is 10.9. The van der Waals surface area contributed by atoms with Crippen LogP contribution in [0, 0.1) is 0 Å². The van der Waals surface area contributed by atoms with Crippen molar-refractivity contribution in [2.75, 3.05) is 7.11 Å². The molecule has 0 aromatic heterocycles. The molecule has 0 spiro atoms. The third kappa shape index (κ3) is 15.0. The van der Waals surface area contributed by atoms with Gasteiger partial charge in [0.25, 0.3) is 0 Å². The van der Waals surface area contributed by atoms with Gasteiger partial charge in [-0.25, -0.2) is 0 Å². The summed E-state index contributed by atoms with van der Waals surface area (Å²) in [7, 11) is 1.32. The van der Waals surface area contributed by atoms with Gasteiger partial charge in [0.1, 0.15) is 0 Å². The lowest BCUT2D eigenvalue weighted by atomic mass is 10.1. The number of esters is 1. The molecule has 0 radical (unpaired) electrons. The number of methoxy groups -OCH3 is 1. The van der Waals surface area contributed by atoms with E-state index in [0.717, 1.165) is 12.8 Å². The van der Waals surface area contributed by atoms with Gasteiger partial charge in [-0.15, -0.1) is 0 Å². The Bertz CT molecular complexity index is 343. The number of carbonyl (C=O) groups excluding carboxylic acids is 1. The van der Waals surface area contributed by atoms with Crippen LogP contribution in [0.2, 0.25) is 0 Å². The highest BCUT2D eigenvalue weighted by atomic mass is 16.5. The van der Waals surface area contributed by atoms with Crippen LogP contribution in [-0.2, 0) is 9.53 Å². The lowest BCUT2D eigenvalue weighted by molar-refractivity contribution is -0.142. The average Bonchev–Trinajstić information content (AvgIpc) is 2.51. The van der Waals surface area contributed by atoms with E-state index in [2.05, 4.69) is 29.9 Å². The normalized spacial score (nSPS) is 13.4. The number of ether oxygens (including phenoxy) is 1. The van der Waals surface area contributed by atoms with E-state index in [0.29, 0.717) is 0 Å². The van der Waals surface area contributed by atoms with Crippen LogP contribution in [0.15, 0.2) is 36.5 Å². The van der Waals surface area contributed by atoms with Crippen LogP contribution in [-0.4, -0.2) is 24.3 Å². The van der Waals surface area contributed by atoms with E-state index in [4.69, 9.17) is 0 Å². The van der Waals surface area contributed by atoms with E-state index in [-0.39, 0.29) is 6.42 Å². The third-order valence-corrected chi connectivity index (χ3v) is 3.33. The highest BCUT2D eigenvalue weighted by molar-refractivity contribution is 5.70. The van der Waals surface area contributed by atoms with Crippen molar-refractivity contribution in [2.24, 2.45) is 0 Å². The fraction of sp³-hybridized carbons (Fsp3) is 0.632. The molecular formula is C19H32O3. The summed E-state index contributed by atoms with van der Waals surface area (Å²) in [6.07, 6.45) is 21.0. The van der Waals surface area contributed by atoms with Gasteiger partial charge in [0.2, 0.25) is 0 Å².